The summed E-state index contributed by atoms with van der Waals surface area (Å²) in [5, 5.41) is 3.00. The van der Waals surface area contributed by atoms with Crippen LogP contribution in [-0.2, 0) is 4.75 Å². The van der Waals surface area contributed by atoms with Gasteiger partial charge in [-0.25, -0.2) is 0 Å². The number of carbonyl (C=O) groups is 1. The first-order valence-corrected chi connectivity index (χ1v) is 12.4. The van der Waals surface area contributed by atoms with Crippen molar-refractivity contribution >= 4 is 23.4 Å². The topological polar surface area (TPSA) is 29.1 Å². The number of rotatable bonds is 7. The number of thioether (sulfide) groups is 1. The molecule has 5 aromatic carbocycles. The summed E-state index contributed by atoms with van der Waals surface area (Å²) in [6.07, 6.45) is 0. The predicted molar refractivity (Wildman–Crippen MR) is 146 cm³/mol. The number of benzene rings is 5. The van der Waals surface area contributed by atoms with Gasteiger partial charge in [-0.3, -0.25) is 4.79 Å². The fraction of sp³-hybridized carbons (Fsp3) is 0.0312. The molecule has 0 spiro atoms. The minimum absolute atomic E-state index is 0.113. The van der Waals surface area contributed by atoms with Crippen LogP contribution < -0.4 is 5.32 Å². The van der Waals surface area contributed by atoms with Gasteiger partial charge in [-0.1, -0.05) is 109 Å². The Balaban J connectivity index is 1.53. The molecule has 170 valence electrons. The molecule has 0 heterocycles. The Labute approximate surface area is 210 Å². The summed E-state index contributed by atoms with van der Waals surface area (Å²) in [7, 11) is 0. The number of anilines is 1. The first-order chi connectivity index (χ1) is 17.3. The monoisotopic (exact) mass is 471 g/mol. The van der Waals surface area contributed by atoms with E-state index in [0.717, 1.165) is 10.6 Å². The molecule has 35 heavy (non-hydrogen) atoms. The van der Waals surface area contributed by atoms with Crippen molar-refractivity contribution in [2.75, 3.05) is 5.32 Å². The third-order valence-electron chi connectivity index (χ3n) is 5.96. The molecule has 0 aromatic heterocycles. The average Bonchev–Trinajstić information content (AvgIpc) is 2.94. The number of carbonyl (C=O) groups excluding carboxylic acids is 1. The van der Waals surface area contributed by atoms with Crippen LogP contribution in [0.3, 0.4) is 0 Å². The van der Waals surface area contributed by atoms with Crippen LogP contribution in [0.25, 0.3) is 0 Å². The Kier molecular flexibility index (Phi) is 6.78. The second-order valence-electron chi connectivity index (χ2n) is 8.23. The van der Waals surface area contributed by atoms with E-state index < -0.39 is 4.75 Å². The van der Waals surface area contributed by atoms with E-state index >= 15 is 0 Å². The summed E-state index contributed by atoms with van der Waals surface area (Å²) < 4.78 is -0.432. The normalized spacial score (nSPS) is 11.1. The molecule has 5 aromatic rings. The largest absolute Gasteiger partial charge is 0.322 e. The summed E-state index contributed by atoms with van der Waals surface area (Å²) in [5.74, 6) is -0.113. The zero-order valence-electron chi connectivity index (χ0n) is 19.2. The molecule has 2 nitrogen and oxygen atoms in total. The van der Waals surface area contributed by atoms with Gasteiger partial charge in [-0.15, -0.1) is 11.8 Å². The molecule has 0 aliphatic heterocycles. The Bertz CT molecular complexity index is 1270. The predicted octanol–water partition coefficient (Wildman–Crippen LogP) is 8.02. The molecule has 0 fully saturated rings. The highest BCUT2D eigenvalue weighted by atomic mass is 32.2. The van der Waals surface area contributed by atoms with Crippen LogP contribution in [0.1, 0.15) is 27.0 Å². The molecule has 0 saturated heterocycles. The van der Waals surface area contributed by atoms with Crippen molar-refractivity contribution < 1.29 is 4.79 Å². The second kappa shape index (κ2) is 10.5. The zero-order chi connectivity index (χ0) is 23.9. The number of hydrogen-bond acceptors (Lipinski definition) is 2. The van der Waals surface area contributed by atoms with Crippen molar-refractivity contribution in [3.05, 3.63) is 168 Å². The molecule has 1 amide bonds. The van der Waals surface area contributed by atoms with E-state index in [4.69, 9.17) is 0 Å². The molecule has 0 radical (unpaired) electrons. The summed E-state index contributed by atoms with van der Waals surface area (Å²) in [5.41, 5.74) is 5.05. The van der Waals surface area contributed by atoms with Crippen LogP contribution in [0.15, 0.2) is 150 Å². The van der Waals surface area contributed by atoms with Crippen molar-refractivity contribution in [3.8, 4) is 0 Å². The number of nitrogens with one attached hydrogen (secondary N) is 1. The quantitative estimate of drug-likeness (QED) is 0.192. The maximum absolute atomic E-state index is 12.6. The van der Waals surface area contributed by atoms with E-state index in [1.54, 1.807) is 11.8 Å². The fourth-order valence-corrected chi connectivity index (χ4v) is 5.66. The third kappa shape index (κ3) is 4.91. The maximum Gasteiger partial charge on any atom is 0.255 e. The molecule has 1 N–H and O–H groups in total. The minimum Gasteiger partial charge on any atom is -0.322 e. The zero-order valence-corrected chi connectivity index (χ0v) is 20.0. The number of hydrogen-bond donors (Lipinski definition) is 1. The summed E-state index contributed by atoms with van der Waals surface area (Å²) in [6, 6.07) is 49.3. The van der Waals surface area contributed by atoms with Crippen LogP contribution in [0, 0.1) is 0 Å². The first-order valence-electron chi connectivity index (χ1n) is 11.6. The van der Waals surface area contributed by atoms with Crippen molar-refractivity contribution in [1.29, 1.82) is 0 Å². The average molecular weight is 472 g/mol. The van der Waals surface area contributed by atoms with Crippen LogP contribution in [0.4, 0.5) is 5.69 Å². The summed E-state index contributed by atoms with van der Waals surface area (Å²) in [6.45, 7) is 0. The van der Waals surface area contributed by atoms with E-state index in [9.17, 15) is 4.79 Å². The number of amides is 1. The SMILES string of the molecule is O=C(Nc1ccc(SC(c2ccccc2)(c2ccccc2)c2ccccc2)cc1)c1ccccc1. The molecular weight excluding hydrogens is 446 g/mol. The lowest BCUT2D eigenvalue weighted by Gasteiger charge is -2.35. The van der Waals surface area contributed by atoms with Gasteiger partial charge in [0.15, 0.2) is 0 Å². The van der Waals surface area contributed by atoms with E-state index in [2.05, 4.69) is 108 Å². The highest BCUT2D eigenvalue weighted by Gasteiger charge is 2.37. The minimum atomic E-state index is -0.432. The van der Waals surface area contributed by atoms with Crippen molar-refractivity contribution in [2.24, 2.45) is 0 Å². The van der Waals surface area contributed by atoms with Gasteiger partial charge in [-0.2, -0.15) is 0 Å². The van der Waals surface area contributed by atoms with E-state index in [-0.39, 0.29) is 5.91 Å². The Hall–Kier alpha value is -4.08. The Morgan fingerprint density at radius 2 is 0.914 bits per heavy atom. The van der Waals surface area contributed by atoms with Gasteiger partial charge in [0.2, 0.25) is 0 Å². The van der Waals surface area contributed by atoms with Crippen LogP contribution in [-0.4, -0.2) is 5.91 Å². The molecule has 0 atom stereocenters. The first kappa shape index (κ1) is 22.7. The highest BCUT2D eigenvalue weighted by Crippen LogP contribution is 2.51. The van der Waals surface area contributed by atoms with E-state index in [1.165, 1.54) is 16.7 Å². The Morgan fingerprint density at radius 3 is 1.34 bits per heavy atom. The van der Waals surface area contributed by atoms with E-state index in [0.29, 0.717) is 5.56 Å². The van der Waals surface area contributed by atoms with Crippen LogP contribution in [0.5, 0.6) is 0 Å². The van der Waals surface area contributed by atoms with Gasteiger partial charge in [0, 0.05) is 16.1 Å². The van der Waals surface area contributed by atoms with Crippen LogP contribution in [0.2, 0.25) is 0 Å². The highest BCUT2D eigenvalue weighted by molar-refractivity contribution is 8.00. The van der Waals surface area contributed by atoms with Crippen molar-refractivity contribution in [3.63, 3.8) is 0 Å². The second-order valence-corrected chi connectivity index (χ2v) is 9.51. The fourth-order valence-electron chi connectivity index (χ4n) is 4.27. The van der Waals surface area contributed by atoms with Gasteiger partial charge in [-0.05, 0) is 53.1 Å². The third-order valence-corrected chi connectivity index (χ3v) is 7.48. The Morgan fingerprint density at radius 1 is 0.514 bits per heavy atom. The van der Waals surface area contributed by atoms with Gasteiger partial charge in [0.25, 0.3) is 5.91 Å². The standard InChI is InChI=1S/C32H25NOS/c34-31(25-13-5-1-6-14-25)33-29-21-23-30(24-22-29)35-32(26-15-7-2-8-16-26,27-17-9-3-10-18-27)28-19-11-4-12-20-28/h1-24H,(H,33,34). The molecule has 0 aliphatic carbocycles. The van der Waals surface area contributed by atoms with Gasteiger partial charge >= 0.3 is 0 Å². The summed E-state index contributed by atoms with van der Waals surface area (Å²) in [4.78, 5) is 13.7. The van der Waals surface area contributed by atoms with Gasteiger partial charge < -0.3 is 5.32 Å². The molecule has 0 aliphatic rings. The maximum atomic E-state index is 12.6. The summed E-state index contributed by atoms with van der Waals surface area (Å²) >= 11 is 1.81. The van der Waals surface area contributed by atoms with Crippen molar-refractivity contribution in [1.82, 2.24) is 0 Å². The van der Waals surface area contributed by atoms with Crippen molar-refractivity contribution in [2.45, 2.75) is 9.64 Å². The molecule has 0 saturated carbocycles. The van der Waals surface area contributed by atoms with E-state index in [1.807, 2.05) is 42.5 Å². The molecule has 5 rings (SSSR count). The molecule has 3 heteroatoms. The lowest BCUT2D eigenvalue weighted by Crippen LogP contribution is -2.25. The lowest BCUT2D eigenvalue weighted by atomic mass is 9.84. The molecule has 0 unspecified atom stereocenters. The van der Waals surface area contributed by atoms with Gasteiger partial charge in [0.05, 0.1) is 4.75 Å². The lowest BCUT2D eigenvalue weighted by molar-refractivity contribution is 0.102. The molecular formula is C32H25NOS. The smallest absolute Gasteiger partial charge is 0.255 e. The van der Waals surface area contributed by atoms with Gasteiger partial charge in [0.1, 0.15) is 0 Å². The van der Waals surface area contributed by atoms with Crippen LogP contribution >= 0.6 is 11.8 Å². The molecule has 0 bridgehead atoms.